The Morgan fingerprint density at radius 2 is 2.11 bits per heavy atom. The zero-order valence-electron chi connectivity index (χ0n) is 10.2. The van der Waals surface area contributed by atoms with Crippen molar-refractivity contribution in [3.05, 3.63) is 24.3 Å². The predicted molar refractivity (Wildman–Crippen MR) is 67.1 cm³/mol. The Kier molecular flexibility index (Phi) is 4.36. The van der Waals surface area contributed by atoms with Crippen LogP contribution in [-0.4, -0.2) is 33.4 Å². The Morgan fingerprint density at radius 1 is 1.37 bits per heavy atom. The molecule has 1 unspecified atom stereocenters. The first-order chi connectivity index (χ1) is 9.01. The van der Waals surface area contributed by atoms with E-state index in [4.69, 9.17) is 4.74 Å². The Hall–Kier alpha value is -1.21. The Balaban J connectivity index is 2.16. The highest BCUT2D eigenvalue weighted by Gasteiger charge is 2.29. The number of ether oxygens (including phenoxy) is 1. The fourth-order valence-electron chi connectivity index (χ4n) is 1.99. The largest absolute Gasteiger partial charge is 0.381 e. The molecule has 0 saturated carbocycles. The number of anilines is 1. The number of para-hydroxylation sites is 1. The van der Waals surface area contributed by atoms with Crippen LogP contribution >= 0.6 is 0 Å². The molecule has 0 radical (unpaired) electrons. The number of halogens is 2. The molecule has 1 aromatic rings. The molecule has 1 fully saturated rings. The molecule has 0 amide bonds. The second-order valence-corrected chi connectivity index (χ2v) is 6.20. The van der Waals surface area contributed by atoms with E-state index in [2.05, 4.69) is 5.32 Å². The number of rotatable bonds is 5. The molecule has 1 aliphatic rings. The van der Waals surface area contributed by atoms with Crippen LogP contribution in [0.3, 0.4) is 0 Å². The minimum absolute atomic E-state index is 0.00214. The molecule has 4 nitrogen and oxygen atoms in total. The second-order valence-electron chi connectivity index (χ2n) is 4.32. The van der Waals surface area contributed by atoms with Crippen LogP contribution < -0.4 is 5.32 Å². The molecule has 0 aliphatic carbocycles. The van der Waals surface area contributed by atoms with Crippen LogP contribution in [-0.2, 0) is 14.6 Å². The van der Waals surface area contributed by atoms with E-state index in [1.54, 1.807) is 6.07 Å². The van der Waals surface area contributed by atoms with Crippen molar-refractivity contribution in [3.8, 4) is 0 Å². The van der Waals surface area contributed by atoms with Crippen LogP contribution in [0.15, 0.2) is 29.2 Å². The molecular formula is C12H15F2NO3S. The zero-order valence-corrected chi connectivity index (χ0v) is 11.0. The van der Waals surface area contributed by atoms with Gasteiger partial charge in [-0.05, 0) is 25.0 Å². The van der Waals surface area contributed by atoms with E-state index in [9.17, 15) is 17.2 Å². The van der Waals surface area contributed by atoms with Gasteiger partial charge >= 0.3 is 5.76 Å². The van der Waals surface area contributed by atoms with E-state index in [1.807, 2.05) is 0 Å². The van der Waals surface area contributed by atoms with Crippen LogP contribution in [0.1, 0.15) is 12.8 Å². The predicted octanol–water partition coefficient (Wildman–Crippen LogP) is 2.27. The molecule has 7 heteroatoms. The average Bonchev–Trinajstić information content (AvgIpc) is 2.89. The third-order valence-electron chi connectivity index (χ3n) is 2.97. The topological polar surface area (TPSA) is 55.4 Å². The first-order valence-corrected chi connectivity index (χ1v) is 7.53. The lowest BCUT2D eigenvalue weighted by molar-refractivity contribution is 0.120. The van der Waals surface area contributed by atoms with Crippen molar-refractivity contribution in [2.45, 2.75) is 29.6 Å². The van der Waals surface area contributed by atoms with Gasteiger partial charge in [-0.2, -0.15) is 8.78 Å². The van der Waals surface area contributed by atoms with Crippen LogP contribution in [0.25, 0.3) is 0 Å². The fourth-order valence-corrected chi connectivity index (χ4v) is 2.89. The van der Waals surface area contributed by atoms with Gasteiger partial charge < -0.3 is 10.1 Å². The zero-order chi connectivity index (χ0) is 13.9. The quantitative estimate of drug-likeness (QED) is 0.904. The van der Waals surface area contributed by atoms with Crippen LogP contribution in [0, 0.1) is 0 Å². The molecule has 0 spiro atoms. The summed E-state index contributed by atoms with van der Waals surface area (Å²) >= 11 is 0. The third kappa shape index (κ3) is 3.22. The molecule has 1 aromatic carbocycles. The van der Waals surface area contributed by atoms with Gasteiger partial charge in [0.1, 0.15) is 0 Å². The van der Waals surface area contributed by atoms with Gasteiger partial charge in [-0.3, -0.25) is 0 Å². The highest BCUT2D eigenvalue weighted by atomic mass is 32.2. The Bertz CT molecular complexity index is 528. The molecule has 1 atom stereocenters. The SMILES string of the molecule is O=S(=O)(c1ccccc1NCC1CCCO1)C(F)F. The van der Waals surface area contributed by atoms with Crippen molar-refractivity contribution in [2.24, 2.45) is 0 Å². The minimum Gasteiger partial charge on any atom is -0.381 e. The first kappa shape index (κ1) is 14.2. The Morgan fingerprint density at radius 3 is 2.74 bits per heavy atom. The van der Waals surface area contributed by atoms with Gasteiger partial charge in [0.15, 0.2) is 0 Å². The van der Waals surface area contributed by atoms with Crippen molar-refractivity contribution in [2.75, 3.05) is 18.5 Å². The maximum absolute atomic E-state index is 12.6. The average molecular weight is 291 g/mol. The fraction of sp³-hybridized carbons (Fsp3) is 0.500. The van der Waals surface area contributed by atoms with Gasteiger partial charge in [-0.15, -0.1) is 0 Å². The molecule has 0 bridgehead atoms. The molecule has 19 heavy (non-hydrogen) atoms. The monoisotopic (exact) mass is 291 g/mol. The summed E-state index contributed by atoms with van der Waals surface area (Å²) < 4.78 is 53.6. The number of sulfone groups is 1. The normalized spacial score (nSPS) is 19.8. The summed E-state index contributed by atoms with van der Waals surface area (Å²) in [5, 5.41) is 2.88. The lowest BCUT2D eigenvalue weighted by atomic mass is 10.2. The maximum atomic E-state index is 12.6. The lowest BCUT2D eigenvalue weighted by Crippen LogP contribution is -2.20. The van der Waals surface area contributed by atoms with Crippen molar-refractivity contribution >= 4 is 15.5 Å². The molecule has 2 rings (SSSR count). The van der Waals surface area contributed by atoms with Gasteiger partial charge in [0.05, 0.1) is 16.7 Å². The summed E-state index contributed by atoms with van der Waals surface area (Å²) in [6.07, 6.45) is 1.85. The molecule has 1 saturated heterocycles. The summed E-state index contributed by atoms with van der Waals surface area (Å²) in [6, 6.07) is 5.68. The summed E-state index contributed by atoms with van der Waals surface area (Å²) in [5.74, 6) is -3.42. The maximum Gasteiger partial charge on any atom is 0.341 e. The first-order valence-electron chi connectivity index (χ1n) is 5.98. The lowest BCUT2D eigenvalue weighted by Gasteiger charge is -2.15. The highest BCUT2D eigenvalue weighted by molar-refractivity contribution is 7.91. The van der Waals surface area contributed by atoms with E-state index in [-0.39, 0.29) is 16.7 Å². The van der Waals surface area contributed by atoms with E-state index in [1.165, 1.54) is 18.2 Å². The van der Waals surface area contributed by atoms with Gasteiger partial charge in [0, 0.05) is 13.2 Å². The summed E-state index contributed by atoms with van der Waals surface area (Å²) in [5.41, 5.74) is 0.193. The van der Waals surface area contributed by atoms with Gasteiger partial charge in [0.25, 0.3) is 0 Å². The smallest absolute Gasteiger partial charge is 0.341 e. The van der Waals surface area contributed by atoms with E-state index in [0.29, 0.717) is 13.2 Å². The van der Waals surface area contributed by atoms with Gasteiger partial charge in [-0.1, -0.05) is 12.1 Å². The molecule has 106 valence electrons. The molecule has 1 heterocycles. The van der Waals surface area contributed by atoms with Gasteiger partial charge in [-0.25, -0.2) is 8.42 Å². The standard InChI is InChI=1S/C12H15F2NO3S/c13-12(14)19(16,17)11-6-2-1-5-10(11)15-8-9-4-3-7-18-9/h1-2,5-6,9,12,15H,3-4,7-8H2. The van der Waals surface area contributed by atoms with E-state index in [0.717, 1.165) is 12.8 Å². The van der Waals surface area contributed by atoms with Crippen molar-refractivity contribution in [3.63, 3.8) is 0 Å². The van der Waals surface area contributed by atoms with Crippen LogP contribution in [0.5, 0.6) is 0 Å². The van der Waals surface area contributed by atoms with Crippen molar-refractivity contribution in [1.29, 1.82) is 0 Å². The minimum atomic E-state index is -4.59. The summed E-state index contributed by atoms with van der Waals surface area (Å²) in [7, 11) is -4.59. The molecule has 1 aliphatic heterocycles. The highest BCUT2D eigenvalue weighted by Crippen LogP contribution is 2.26. The molecular weight excluding hydrogens is 276 g/mol. The number of hydrogen-bond donors (Lipinski definition) is 1. The number of nitrogens with one attached hydrogen (secondary N) is 1. The van der Waals surface area contributed by atoms with E-state index >= 15 is 0 Å². The number of hydrogen-bond acceptors (Lipinski definition) is 4. The van der Waals surface area contributed by atoms with Crippen LogP contribution in [0.2, 0.25) is 0 Å². The van der Waals surface area contributed by atoms with Crippen molar-refractivity contribution < 1.29 is 21.9 Å². The second kappa shape index (κ2) is 5.83. The van der Waals surface area contributed by atoms with Crippen LogP contribution in [0.4, 0.5) is 14.5 Å². The Labute approximate surface area is 110 Å². The number of alkyl halides is 2. The number of benzene rings is 1. The van der Waals surface area contributed by atoms with E-state index < -0.39 is 15.6 Å². The van der Waals surface area contributed by atoms with Crippen molar-refractivity contribution in [1.82, 2.24) is 0 Å². The molecule has 0 aromatic heterocycles. The third-order valence-corrected chi connectivity index (χ3v) is 4.41. The summed E-state index contributed by atoms with van der Waals surface area (Å²) in [4.78, 5) is -0.372. The van der Waals surface area contributed by atoms with Gasteiger partial charge in [0.2, 0.25) is 9.84 Å². The molecule has 1 N–H and O–H groups in total. The summed E-state index contributed by atoms with van der Waals surface area (Å²) in [6.45, 7) is 1.10.